The van der Waals surface area contributed by atoms with Crippen LogP contribution in [-0.2, 0) is 0 Å². The van der Waals surface area contributed by atoms with E-state index in [-0.39, 0.29) is 11.7 Å². The van der Waals surface area contributed by atoms with Crippen LogP contribution in [-0.4, -0.2) is 28.8 Å². The predicted octanol–water partition coefficient (Wildman–Crippen LogP) is 2.26. The summed E-state index contributed by atoms with van der Waals surface area (Å²) in [4.78, 5) is 15.9. The molecule has 0 spiro atoms. The molecule has 0 aliphatic carbocycles. The van der Waals surface area contributed by atoms with Crippen LogP contribution in [0.1, 0.15) is 28.5 Å². The Morgan fingerprint density at radius 2 is 2.23 bits per heavy atom. The number of amides is 1. The Bertz CT molecular complexity index is 682. The van der Waals surface area contributed by atoms with Crippen LogP contribution in [0.5, 0.6) is 11.5 Å². The Balaban J connectivity index is 2.05. The lowest BCUT2D eigenvalue weighted by atomic mass is 10.2. The maximum absolute atomic E-state index is 11.8. The second-order valence-corrected chi connectivity index (χ2v) is 4.51. The van der Waals surface area contributed by atoms with Crippen LogP contribution in [0.25, 0.3) is 0 Å². The Kier molecular flexibility index (Phi) is 5.08. The van der Waals surface area contributed by atoms with Crippen LogP contribution >= 0.6 is 0 Å². The minimum atomic E-state index is -0.371. The minimum Gasteiger partial charge on any atom is -0.504 e. The molecule has 0 fully saturated rings. The van der Waals surface area contributed by atoms with Crippen LogP contribution < -0.4 is 10.2 Å². The normalized spacial score (nSPS) is 10.6. The summed E-state index contributed by atoms with van der Waals surface area (Å²) in [5.74, 6) is -0.0101. The van der Waals surface area contributed by atoms with Gasteiger partial charge in [-0.15, -0.1) is 0 Å². The molecule has 0 bridgehead atoms. The standard InChI is InChI=1S/C16H17N3O3/c1-3-22-14-6-4-5-12(15(14)20)10-18-19-16(21)13-8-7-11(2)17-9-13/h4-10,20H,3H2,1-2H3,(H,19,21)/b18-10-. The summed E-state index contributed by atoms with van der Waals surface area (Å²) >= 11 is 0. The highest BCUT2D eigenvalue weighted by Gasteiger charge is 2.07. The van der Waals surface area contributed by atoms with E-state index < -0.39 is 0 Å². The number of phenolic OH excluding ortho intramolecular Hbond substituents is 1. The van der Waals surface area contributed by atoms with Crippen LogP contribution in [0.3, 0.4) is 0 Å². The first-order valence-corrected chi connectivity index (χ1v) is 6.82. The average molecular weight is 299 g/mol. The van der Waals surface area contributed by atoms with Gasteiger partial charge in [-0.25, -0.2) is 5.43 Å². The lowest BCUT2D eigenvalue weighted by Gasteiger charge is -2.07. The first-order chi connectivity index (χ1) is 10.6. The summed E-state index contributed by atoms with van der Waals surface area (Å²) in [6.45, 7) is 4.12. The fourth-order valence-corrected chi connectivity index (χ4v) is 1.74. The van der Waals surface area contributed by atoms with Crippen molar-refractivity contribution in [2.75, 3.05) is 6.61 Å². The number of rotatable bonds is 5. The monoisotopic (exact) mass is 299 g/mol. The molecule has 0 saturated heterocycles. The van der Waals surface area contributed by atoms with Gasteiger partial charge in [0.1, 0.15) is 0 Å². The Morgan fingerprint density at radius 3 is 2.91 bits per heavy atom. The number of aromatic nitrogens is 1. The topological polar surface area (TPSA) is 83.8 Å². The number of carbonyl (C=O) groups is 1. The number of aryl methyl sites for hydroxylation is 1. The zero-order chi connectivity index (χ0) is 15.9. The first kappa shape index (κ1) is 15.5. The molecule has 1 heterocycles. The largest absolute Gasteiger partial charge is 0.504 e. The van der Waals surface area contributed by atoms with E-state index in [2.05, 4.69) is 15.5 Å². The lowest BCUT2D eigenvalue weighted by Crippen LogP contribution is -2.17. The molecule has 2 N–H and O–H groups in total. The van der Waals surface area contributed by atoms with Crippen molar-refractivity contribution in [3.63, 3.8) is 0 Å². The summed E-state index contributed by atoms with van der Waals surface area (Å²) in [5, 5.41) is 13.8. The lowest BCUT2D eigenvalue weighted by molar-refractivity contribution is 0.0954. The van der Waals surface area contributed by atoms with Gasteiger partial charge in [-0.05, 0) is 38.1 Å². The number of benzene rings is 1. The van der Waals surface area contributed by atoms with E-state index in [1.165, 1.54) is 12.4 Å². The summed E-state index contributed by atoms with van der Waals surface area (Å²) in [7, 11) is 0. The molecule has 2 aromatic rings. The summed E-state index contributed by atoms with van der Waals surface area (Å²) in [6, 6.07) is 8.47. The molecule has 0 atom stereocenters. The number of ether oxygens (including phenoxy) is 1. The van der Waals surface area contributed by atoms with Crippen molar-refractivity contribution in [1.82, 2.24) is 10.4 Å². The molecule has 0 aliphatic rings. The number of phenols is 1. The molecule has 22 heavy (non-hydrogen) atoms. The number of pyridine rings is 1. The number of carbonyl (C=O) groups excluding carboxylic acids is 1. The van der Waals surface area contributed by atoms with Gasteiger partial charge in [0.15, 0.2) is 11.5 Å². The summed E-state index contributed by atoms with van der Waals surface area (Å²) < 4.78 is 5.28. The van der Waals surface area contributed by atoms with Gasteiger partial charge >= 0.3 is 0 Å². The highest BCUT2D eigenvalue weighted by atomic mass is 16.5. The Labute approximate surface area is 128 Å². The third-order valence-electron chi connectivity index (χ3n) is 2.87. The van der Waals surface area contributed by atoms with Crippen molar-refractivity contribution in [2.24, 2.45) is 5.10 Å². The number of aromatic hydroxyl groups is 1. The van der Waals surface area contributed by atoms with E-state index >= 15 is 0 Å². The van der Waals surface area contributed by atoms with E-state index in [9.17, 15) is 9.90 Å². The van der Waals surface area contributed by atoms with Gasteiger partial charge in [-0.1, -0.05) is 6.07 Å². The molecule has 2 rings (SSSR count). The highest BCUT2D eigenvalue weighted by Crippen LogP contribution is 2.28. The molecule has 0 saturated carbocycles. The van der Waals surface area contributed by atoms with Gasteiger partial charge in [0.05, 0.1) is 18.4 Å². The Hall–Kier alpha value is -2.89. The fourth-order valence-electron chi connectivity index (χ4n) is 1.74. The number of nitrogens with zero attached hydrogens (tertiary/aromatic N) is 2. The van der Waals surface area contributed by atoms with E-state index in [1.807, 2.05) is 13.8 Å². The zero-order valence-electron chi connectivity index (χ0n) is 12.4. The summed E-state index contributed by atoms with van der Waals surface area (Å²) in [6.07, 6.45) is 2.84. The number of para-hydroxylation sites is 1. The van der Waals surface area contributed by atoms with Crippen molar-refractivity contribution in [3.05, 3.63) is 53.3 Å². The second-order valence-electron chi connectivity index (χ2n) is 4.51. The van der Waals surface area contributed by atoms with E-state index in [0.29, 0.717) is 23.5 Å². The number of nitrogens with one attached hydrogen (secondary N) is 1. The maximum atomic E-state index is 11.8. The predicted molar refractivity (Wildman–Crippen MR) is 83.3 cm³/mol. The second kappa shape index (κ2) is 7.21. The smallest absolute Gasteiger partial charge is 0.272 e. The first-order valence-electron chi connectivity index (χ1n) is 6.82. The molecular formula is C16H17N3O3. The molecule has 6 nitrogen and oxygen atoms in total. The van der Waals surface area contributed by atoms with Crippen LogP contribution in [0.4, 0.5) is 0 Å². The third kappa shape index (κ3) is 3.82. The third-order valence-corrected chi connectivity index (χ3v) is 2.87. The van der Waals surface area contributed by atoms with Crippen LogP contribution in [0, 0.1) is 6.92 Å². The van der Waals surface area contributed by atoms with Crippen LogP contribution in [0.15, 0.2) is 41.6 Å². The van der Waals surface area contributed by atoms with E-state index in [1.54, 1.807) is 30.3 Å². The van der Waals surface area contributed by atoms with Crippen molar-refractivity contribution in [3.8, 4) is 11.5 Å². The molecular weight excluding hydrogens is 282 g/mol. The number of hydrazone groups is 1. The fraction of sp³-hybridized carbons (Fsp3) is 0.188. The molecule has 6 heteroatoms. The van der Waals surface area contributed by atoms with Gasteiger partial charge in [0.2, 0.25) is 0 Å². The summed E-state index contributed by atoms with van der Waals surface area (Å²) in [5.41, 5.74) is 4.08. The minimum absolute atomic E-state index is 0.0145. The molecule has 1 amide bonds. The van der Waals surface area contributed by atoms with Gasteiger partial charge in [-0.3, -0.25) is 9.78 Å². The Morgan fingerprint density at radius 1 is 1.41 bits per heavy atom. The van der Waals surface area contributed by atoms with Gasteiger partial charge in [-0.2, -0.15) is 5.10 Å². The van der Waals surface area contributed by atoms with Gasteiger partial charge in [0, 0.05) is 17.5 Å². The van der Waals surface area contributed by atoms with Crippen molar-refractivity contribution >= 4 is 12.1 Å². The van der Waals surface area contributed by atoms with E-state index in [4.69, 9.17) is 4.74 Å². The van der Waals surface area contributed by atoms with Gasteiger partial charge in [0.25, 0.3) is 5.91 Å². The van der Waals surface area contributed by atoms with Crippen molar-refractivity contribution in [2.45, 2.75) is 13.8 Å². The maximum Gasteiger partial charge on any atom is 0.272 e. The highest BCUT2D eigenvalue weighted by molar-refractivity contribution is 5.94. The molecule has 1 aromatic heterocycles. The molecule has 1 aromatic carbocycles. The quantitative estimate of drug-likeness (QED) is 0.655. The average Bonchev–Trinajstić information content (AvgIpc) is 2.51. The van der Waals surface area contributed by atoms with Crippen molar-refractivity contribution in [1.29, 1.82) is 0 Å². The van der Waals surface area contributed by atoms with Gasteiger partial charge < -0.3 is 9.84 Å². The molecule has 0 aliphatic heterocycles. The number of hydrogen-bond donors (Lipinski definition) is 2. The molecule has 114 valence electrons. The number of hydrogen-bond acceptors (Lipinski definition) is 5. The SMILES string of the molecule is CCOc1cccc(/C=N\NC(=O)c2ccc(C)nc2)c1O. The van der Waals surface area contributed by atoms with E-state index in [0.717, 1.165) is 5.69 Å². The van der Waals surface area contributed by atoms with Crippen molar-refractivity contribution < 1.29 is 14.6 Å². The molecule has 0 unspecified atom stereocenters. The zero-order valence-corrected chi connectivity index (χ0v) is 12.4. The molecule has 0 radical (unpaired) electrons. The van der Waals surface area contributed by atoms with Crippen LogP contribution in [0.2, 0.25) is 0 Å².